The average Bonchev–Trinajstić information content (AvgIpc) is 2.73. The van der Waals surface area contributed by atoms with Gasteiger partial charge in [-0.3, -0.25) is 14.7 Å². The Labute approximate surface area is 191 Å². The lowest BCUT2D eigenvalue weighted by molar-refractivity contribution is -0.120. The first-order valence-corrected chi connectivity index (χ1v) is 10.2. The summed E-state index contributed by atoms with van der Waals surface area (Å²) in [7, 11) is 0. The Kier molecular flexibility index (Phi) is 7.93. The van der Waals surface area contributed by atoms with Crippen molar-refractivity contribution in [3.8, 4) is 0 Å². The van der Waals surface area contributed by atoms with E-state index >= 15 is 0 Å². The molecule has 32 heavy (non-hydrogen) atoms. The number of pyridine rings is 1. The molecule has 3 aromatic rings. The number of hydrogen-bond acceptors (Lipinski definition) is 3. The van der Waals surface area contributed by atoms with Gasteiger partial charge >= 0.3 is 6.55 Å². The number of aromatic nitrogens is 1. The van der Waals surface area contributed by atoms with E-state index in [9.17, 15) is 22.4 Å². The Balaban J connectivity index is 1.78. The zero-order chi connectivity index (χ0) is 23.3. The molecule has 0 bridgehead atoms. The van der Waals surface area contributed by atoms with Crippen LogP contribution in [0.3, 0.4) is 0 Å². The van der Waals surface area contributed by atoms with Crippen LogP contribution in [0.2, 0.25) is 10.0 Å². The largest absolute Gasteiger partial charge is 0.355 e. The van der Waals surface area contributed by atoms with Crippen LogP contribution < -0.4 is 10.2 Å². The molecule has 0 radical (unpaired) electrons. The van der Waals surface area contributed by atoms with Crippen molar-refractivity contribution in [1.29, 1.82) is 0 Å². The van der Waals surface area contributed by atoms with Gasteiger partial charge in [-0.25, -0.2) is 8.78 Å². The van der Waals surface area contributed by atoms with Crippen molar-refractivity contribution in [1.82, 2.24) is 10.3 Å². The first kappa shape index (κ1) is 23.8. The molecule has 4 nitrogen and oxygen atoms in total. The lowest BCUT2D eigenvalue weighted by atomic mass is 10.1. The minimum Gasteiger partial charge on any atom is -0.355 e. The molecule has 0 aliphatic rings. The summed E-state index contributed by atoms with van der Waals surface area (Å²) in [6.45, 7) is -2.85. The fraction of sp³-hybridized carbons (Fsp3) is 0.182. The second-order valence-corrected chi connectivity index (χ2v) is 7.55. The SMILES string of the molecule is O=C(Cc1cc(N(c2c(Cl)cc(F)cc2Cl)C(F)F)ccc1F)NCCc1ccccn1. The lowest BCUT2D eigenvalue weighted by Gasteiger charge is -2.26. The van der Waals surface area contributed by atoms with Gasteiger partial charge in [0.05, 0.1) is 22.2 Å². The van der Waals surface area contributed by atoms with E-state index in [1.54, 1.807) is 18.3 Å². The molecule has 0 unspecified atom stereocenters. The smallest absolute Gasteiger partial charge is 0.319 e. The molecule has 0 aliphatic heterocycles. The number of carbonyl (C=O) groups is 1. The average molecular weight is 486 g/mol. The van der Waals surface area contributed by atoms with E-state index in [0.29, 0.717) is 11.3 Å². The third-order valence-electron chi connectivity index (χ3n) is 4.51. The maximum atomic E-state index is 14.3. The highest BCUT2D eigenvalue weighted by Gasteiger charge is 2.26. The van der Waals surface area contributed by atoms with Crippen LogP contribution in [0, 0.1) is 11.6 Å². The van der Waals surface area contributed by atoms with Crippen molar-refractivity contribution in [3.63, 3.8) is 0 Å². The maximum Gasteiger partial charge on any atom is 0.319 e. The normalized spacial score (nSPS) is 11.0. The van der Waals surface area contributed by atoms with Crippen LogP contribution in [0.25, 0.3) is 0 Å². The van der Waals surface area contributed by atoms with Crippen LogP contribution in [0.4, 0.5) is 28.9 Å². The van der Waals surface area contributed by atoms with Gasteiger partial charge < -0.3 is 5.32 Å². The third kappa shape index (κ3) is 5.89. The molecule has 0 fully saturated rings. The van der Waals surface area contributed by atoms with Gasteiger partial charge in [0.1, 0.15) is 11.6 Å². The highest BCUT2D eigenvalue weighted by Crippen LogP contribution is 2.41. The number of hydrogen-bond donors (Lipinski definition) is 1. The number of nitrogens with zero attached hydrogens (tertiary/aromatic N) is 2. The molecule has 10 heteroatoms. The molecule has 3 rings (SSSR count). The zero-order valence-corrected chi connectivity index (χ0v) is 18.0. The van der Waals surface area contributed by atoms with E-state index < -0.39 is 24.1 Å². The predicted octanol–water partition coefficient (Wildman–Crippen LogP) is 5.93. The summed E-state index contributed by atoms with van der Waals surface area (Å²) in [5.74, 6) is -2.02. The molecule has 1 N–H and O–H groups in total. The number of alkyl halides is 2. The van der Waals surface area contributed by atoms with E-state index in [1.165, 1.54) is 0 Å². The molecule has 0 saturated heterocycles. The number of amides is 1. The Bertz CT molecular complexity index is 1080. The lowest BCUT2D eigenvalue weighted by Crippen LogP contribution is -2.28. The fourth-order valence-electron chi connectivity index (χ4n) is 3.06. The third-order valence-corrected chi connectivity index (χ3v) is 5.08. The number of rotatable bonds is 8. The van der Waals surface area contributed by atoms with Crippen LogP contribution in [-0.2, 0) is 17.6 Å². The Hall–Kier alpha value is -2.84. The molecule has 0 atom stereocenters. The predicted molar refractivity (Wildman–Crippen MR) is 116 cm³/mol. The number of halogens is 6. The maximum absolute atomic E-state index is 14.3. The summed E-state index contributed by atoms with van der Waals surface area (Å²) in [4.78, 5) is 16.8. The van der Waals surface area contributed by atoms with E-state index in [0.717, 1.165) is 36.0 Å². The fourth-order valence-corrected chi connectivity index (χ4v) is 3.70. The van der Waals surface area contributed by atoms with Crippen LogP contribution in [0.1, 0.15) is 11.3 Å². The molecular formula is C22H17Cl2F4N3O. The number of benzene rings is 2. The summed E-state index contributed by atoms with van der Waals surface area (Å²) in [5, 5.41) is 1.96. The first-order chi connectivity index (χ1) is 15.3. The topological polar surface area (TPSA) is 45.2 Å². The van der Waals surface area contributed by atoms with Crippen molar-refractivity contribution in [2.24, 2.45) is 0 Å². The minimum absolute atomic E-state index is 0.0992. The molecule has 168 valence electrons. The summed E-state index contributed by atoms with van der Waals surface area (Å²) in [6, 6.07) is 10.3. The van der Waals surface area contributed by atoms with Crippen LogP contribution in [-0.4, -0.2) is 24.0 Å². The highest BCUT2D eigenvalue weighted by atomic mass is 35.5. The second kappa shape index (κ2) is 10.7. The summed E-state index contributed by atoms with van der Waals surface area (Å²) < 4.78 is 55.6. The van der Waals surface area contributed by atoms with Gasteiger partial charge in [0.2, 0.25) is 5.91 Å². The van der Waals surface area contributed by atoms with Crippen LogP contribution in [0.15, 0.2) is 54.7 Å². The second-order valence-electron chi connectivity index (χ2n) is 6.74. The van der Waals surface area contributed by atoms with Gasteiger partial charge in [-0.2, -0.15) is 8.78 Å². The highest BCUT2D eigenvalue weighted by molar-refractivity contribution is 6.39. The Morgan fingerprint density at radius 3 is 2.41 bits per heavy atom. The van der Waals surface area contributed by atoms with Crippen LogP contribution >= 0.6 is 23.2 Å². The van der Waals surface area contributed by atoms with Gasteiger partial charge in [-0.05, 0) is 48.0 Å². The van der Waals surface area contributed by atoms with E-state index in [1.807, 2.05) is 6.07 Å². The van der Waals surface area contributed by atoms with E-state index in [-0.39, 0.29) is 39.9 Å². The summed E-state index contributed by atoms with van der Waals surface area (Å²) in [5.41, 5.74) is 0.189. The molecule has 1 amide bonds. The molecule has 1 aromatic heterocycles. The zero-order valence-electron chi connectivity index (χ0n) is 16.5. The van der Waals surface area contributed by atoms with Gasteiger partial charge in [-0.15, -0.1) is 0 Å². The van der Waals surface area contributed by atoms with Crippen molar-refractivity contribution < 1.29 is 22.4 Å². The van der Waals surface area contributed by atoms with Gasteiger partial charge in [0.25, 0.3) is 0 Å². The summed E-state index contributed by atoms with van der Waals surface area (Å²) in [6.07, 6.45) is 1.74. The molecule has 0 aliphatic carbocycles. The summed E-state index contributed by atoms with van der Waals surface area (Å²) >= 11 is 11.9. The van der Waals surface area contributed by atoms with Crippen molar-refractivity contribution in [2.75, 3.05) is 11.4 Å². The molecule has 1 heterocycles. The van der Waals surface area contributed by atoms with E-state index in [2.05, 4.69) is 10.3 Å². The standard InChI is InChI=1S/C22H17Cl2F4N3O/c23-17-11-14(25)12-18(24)21(17)31(22(27)28)16-4-5-19(26)13(9-16)10-20(32)30-8-6-15-3-1-2-7-29-15/h1-5,7,9,11-12,22H,6,8,10H2,(H,30,32). The molecular weight excluding hydrogens is 469 g/mol. The first-order valence-electron chi connectivity index (χ1n) is 9.43. The molecule has 0 saturated carbocycles. The number of nitrogens with one attached hydrogen (secondary N) is 1. The number of carbonyl (C=O) groups excluding carboxylic acids is 1. The Morgan fingerprint density at radius 1 is 1.06 bits per heavy atom. The van der Waals surface area contributed by atoms with E-state index in [4.69, 9.17) is 23.2 Å². The molecule has 0 spiro atoms. The quantitative estimate of drug-likeness (QED) is 0.317. The van der Waals surface area contributed by atoms with Crippen LogP contribution in [0.5, 0.6) is 0 Å². The van der Waals surface area contributed by atoms with Crippen molar-refractivity contribution in [2.45, 2.75) is 19.4 Å². The number of anilines is 2. The molecule has 2 aromatic carbocycles. The Morgan fingerprint density at radius 2 is 1.78 bits per heavy atom. The van der Waals surface area contributed by atoms with Gasteiger partial charge in [0.15, 0.2) is 0 Å². The van der Waals surface area contributed by atoms with Crippen molar-refractivity contribution in [3.05, 3.63) is 87.7 Å². The monoisotopic (exact) mass is 485 g/mol. The minimum atomic E-state index is -3.12. The van der Waals surface area contributed by atoms with Gasteiger partial charge in [-0.1, -0.05) is 29.3 Å². The van der Waals surface area contributed by atoms with Crippen molar-refractivity contribution >= 4 is 40.5 Å². The van der Waals surface area contributed by atoms with Gasteiger partial charge in [0, 0.05) is 30.5 Å².